The van der Waals surface area contributed by atoms with Crippen molar-refractivity contribution >= 4 is 0 Å². The van der Waals surface area contributed by atoms with Crippen molar-refractivity contribution in [3.05, 3.63) is 32.6 Å². The summed E-state index contributed by atoms with van der Waals surface area (Å²) in [5.74, 6) is 5.67. The number of hydrogen-bond donors (Lipinski definition) is 2. The number of aliphatic hydroxyl groups is 1. The second-order valence-corrected chi connectivity index (χ2v) is 5.17. The normalized spacial score (nSPS) is 21.0. The fraction of sp³-hybridized carbons (Fsp3) is 0.600. The molecule has 2 N–H and O–H groups in total. The van der Waals surface area contributed by atoms with Crippen LogP contribution in [0.5, 0.6) is 0 Å². The van der Waals surface area contributed by atoms with Crippen LogP contribution in [0.25, 0.3) is 0 Å². The quantitative estimate of drug-likeness (QED) is 0.633. The van der Waals surface area contributed by atoms with Gasteiger partial charge in [0.05, 0.1) is 6.10 Å². The largest absolute Gasteiger partial charge is 0.396 e. The maximum atomic E-state index is 11.9. The minimum Gasteiger partial charge on any atom is -0.396 e. The summed E-state index contributed by atoms with van der Waals surface area (Å²) in [7, 11) is 0. The first-order chi connectivity index (χ1) is 10.1. The van der Waals surface area contributed by atoms with Crippen LogP contribution in [0.2, 0.25) is 0 Å². The molecule has 0 saturated carbocycles. The van der Waals surface area contributed by atoms with E-state index in [1.54, 1.807) is 0 Å². The lowest BCUT2D eigenvalue weighted by Crippen LogP contribution is -2.33. The molecule has 6 nitrogen and oxygen atoms in total. The van der Waals surface area contributed by atoms with E-state index in [2.05, 4.69) is 16.8 Å². The van der Waals surface area contributed by atoms with Crippen molar-refractivity contribution in [3.8, 4) is 11.8 Å². The van der Waals surface area contributed by atoms with E-state index in [1.807, 2.05) is 6.92 Å². The third-order valence-corrected chi connectivity index (χ3v) is 3.42. The van der Waals surface area contributed by atoms with Gasteiger partial charge in [0.2, 0.25) is 0 Å². The number of nitrogens with one attached hydrogen (secondary N) is 1. The highest BCUT2D eigenvalue weighted by molar-refractivity contribution is 5.29. The Labute approximate surface area is 122 Å². The van der Waals surface area contributed by atoms with Gasteiger partial charge >= 0.3 is 5.69 Å². The molecular formula is C15H20N2O4. The highest BCUT2D eigenvalue weighted by atomic mass is 16.5. The first-order valence-corrected chi connectivity index (χ1v) is 7.22. The number of nitrogens with zero attached hydrogens (tertiary/aromatic N) is 1. The van der Waals surface area contributed by atoms with Gasteiger partial charge in [-0.2, -0.15) is 0 Å². The Balaban J connectivity index is 2.18. The molecule has 114 valence electrons. The molecule has 1 aromatic heterocycles. The Morgan fingerprint density at radius 2 is 2.24 bits per heavy atom. The van der Waals surface area contributed by atoms with Gasteiger partial charge in [-0.25, -0.2) is 4.79 Å². The number of hydrogen-bond acceptors (Lipinski definition) is 4. The van der Waals surface area contributed by atoms with Gasteiger partial charge in [0, 0.05) is 19.2 Å². The summed E-state index contributed by atoms with van der Waals surface area (Å²) in [5, 5.41) is 8.68. The summed E-state index contributed by atoms with van der Waals surface area (Å²) in [6.07, 6.45) is 4.97. The molecule has 1 fully saturated rings. The molecule has 6 heteroatoms. The lowest BCUT2D eigenvalue weighted by molar-refractivity contribution is 0.00787. The molecule has 0 radical (unpaired) electrons. The lowest BCUT2D eigenvalue weighted by atomic mass is 10.2. The molecule has 1 saturated heterocycles. The van der Waals surface area contributed by atoms with Gasteiger partial charge < -0.3 is 9.84 Å². The fourth-order valence-electron chi connectivity index (χ4n) is 2.26. The highest BCUT2D eigenvalue weighted by Crippen LogP contribution is 2.26. The van der Waals surface area contributed by atoms with Crippen LogP contribution in [-0.2, 0) is 4.74 Å². The van der Waals surface area contributed by atoms with Gasteiger partial charge in [-0.05, 0) is 32.6 Å². The summed E-state index contributed by atoms with van der Waals surface area (Å²) in [6, 6.07) is 0. The monoisotopic (exact) mass is 292 g/mol. The molecule has 1 aliphatic rings. The maximum Gasteiger partial charge on any atom is 0.330 e. The summed E-state index contributed by atoms with van der Waals surface area (Å²) < 4.78 is 7.05. The van der Waals surface area contributed by atoms with Gasteiger partial charge in [0.25, 0.3) is 5.56 Å². The molecule has 0 bridgehead atoms. The van der Waals surface area contributed by atoms with Crippen LogP contribution in [0.15, 0.2) is 15.8 Å². The SMILES string of the molecule is C[C@@H]1CC[C@H](n2cc(C#CCCCCO)c(=O)[nH]c2=O)O1. The van der Waals surface area contributed by atoms with Crippen molar-refractivity contribution in [1.82, 2.24) is 9.55 Å². The molecule has 21 heavy (non-hydrogen) atoms. The first kappa shape index (κ1) is 15.5. The molecular weight excluding hydrogens is 272 g/mol. The first-order valence-electron chi connectivity index (χ1n) is 7.22. The Morgan fingerprint density at radius 3 is 2.90 bits per heavy atom. The number of aliphatic hydroxyl groups excluding tert-OH is 1. The third-order valence-electron chi connectivity index (χ3n) is 3.42. The molecule has 2 rings (SSSR count). The molecule has 1 aromatic rings. The van der Waals surface area contributed by atoms with Crippen molar-refractivity contribution in [2.75, 3.05) is 6.61 Å². The Hall–Kier alpha value is -1.84. The topological polar surface area (TPSA) is 84.3 Å². The summed E-state index contributed by atoms with van der Waals surface area (Å²) in [5.41, 5.74) is -0.677. The molecule has 1 aliphatic heterocycles. The maximum absolute atomic E-state index is 11.9. The van der Waals surface area contributed by atoms with E-state index in [0.717, 1.165) is 19.3 Å². The molecule has 0 spiro atoms. The average molecular weight is 292 g/mol. The summed E-state index contributed by atoms with van der Waals surface area (Å²) in [6.45, 7) is 2.10. The third kappa shape index (κ3) is 4.06. The summed E-state index contributed by atoms with van der Waals surface area (Å²) >= 11 is 0. The minimum absolute atomic E-state index is 0.113. The number of ether oxygens (including phenoxy) is 1. The van der Waals surface area contributed by atoms with Crippen LogP contribution < -0.4 is 11.2 Å². The predicted octanol–water partition coefficient (Wildman–Crippen LogP) is 0.748. The smallest absolute Gasteiger partial charge is 0.330 e. The predicted molar refractivity (Wildman–Crippen MR) is 78.0 cm³/mol. The van der Waals surface area contributed by atoms with E-state index < -0.39 is 11.2 Å². The van der Waals surface area contributed by atoms with E-state index in [1.165, 1.54) is 10.8 Å². The van der Waals surface area contributed by atoms with E-state index in [9.17, 15) is 9.59 Å². The Kier molecular flexibility index (Phi) is 5.37. The van der Waals surface area contributed by atoms with E-state index in [4.69, 9.17) is 9.84 Å². The van der Waals surface area contributed by atoms with Crippen molar-refractivity contribution < 1.29 is 9.84 Å². The van der Waals surface area contributed by atoms with Crippen molar-refractivity contribution in [3.63, 3.8) is 0 Å². The average Bonchev–Trinajstić information content (AvgIpc) is 2.87. The second kappa shape index (κ2) is 7.25. The van der Waals surface area contributed by atoms with Crippen molar-refractivity contribution in [2.45, 2.75) is 51.4 Å². The standard InChI is InChI=1S/C15H20N2O4/c1-11-7-8-13(21-11)17-10-12(14(19)16-15(17)20)6-4-2-3-5-9-18/h10-11,13,18H,2-3,5,7-9H2,1H3,(H,16,19,20)/t11-,13-/m1/s1. The molecule has 2 heterocycles. The zero-order valence-corrected chi connectivity index (χ0v) is 12.1. The highest BCUT2D eigenvalue weighted by Gasteiger charge is 2.24. The minimum atomic E-state index is -0.475. The van der Waals surface area contributed by atoms with Gasteiger partial charge in [0.1, 0.15) is 11.8 Å². The fourth-order valence-corrected chi connectivity index (χ4v) is 2.26. The number of aromatic nitrogens is 2. The van der Waals surface area contributed by atoms with E-state index >= 15 is 0 Å². The van der Waals surface area contributed by atoms with E-state index in [-0.39, 0.29) is 24.5 Å². The molecule has 0 aromatic carbocycles. The lowest BCUT2D eigenvalue weighted by Gasteiger charge is -2.13. The van der Waals surface area contributed by atoms with Gasteiger partial charge in [-0.1, -0.05) is 11.8 Å². The molecule has 0 amide bonds. The van der Waals surface area contributed by atoms with Crippen LogP contribution in [-0.4, -0.2) is 27.4 Å². The Bertz CT molecular complexity index is 650. The van der Waals surface area contributed by atoms with Crippen LogP contribution in [0, 0.1) is 11.8 Å². The second-order valence-electron chi connectivity index (χ2n) is 5.17. The van der Waals surface area contributed by atoms with Crippen LogP contribution in [0.4, 0.5) is 0 Å². The van der Waals surface area contributed by atoms with Crippen LogP contribution in [0.1, 0.15) is 50.8 Å². The number of unbranched alkanes of at least 4 members (excludes halogenated alkanes) is 2. The molecule has 0 aliphatic carbocycles. The van der Waals surface area contributed by atoms with Crippen LogP contribution in [0.3, 0.4) is 0 Å². The van der Waals surface area contributed by atoms with Gasteiger partial charge in [0.15, 0.2) is 0 Å². The zero-order valence-electron chi connectivity index (χ0n) is 12.1. The number of aromatic amines is 1. The van der Waals surface area contributed by atoms with Crippen LogP contribution >= 0.6 is 0 Å². The summed E-state index contributed by atoms with van der Waals surface area (Å²) in [4.78, 5) is 25.9. The van der Waals surface area contributed by atoms with Gasteiger partial charge in [-0.3, -0.25) is 14.3 Å². The number of H-pyrrole nitrogens is 1. The van der Waals surface area contributed by atoms with Crippen molar-refractivity contribution in [1.29, 1.82) is 0 Å². The van der Waals surface area contributed by atoms with E-state index in [0.29, 0.717) is 12.8 Å². The molecule has 2 atom stereocenters. The Morgan fingerprint density at radius 1 is 1.43 bits per heavy atom. The van der Waals surface area contributed by atoms with Gasteiger partial charge in [-0.15, -0.1) is 0 Å². The number of rotatable bonds is 4. The molecule has 0 unspecified atom stereocenters. The zero-order chi connectivity index (χ0) is 15.2. The van der Waals surface area contributed by atoms with Crippen molar-refractivity contribution in [2.24, 2.45) is 0 Å².